The zero-order valence-corrected chi connectivity index (χ0v) is 18.2. The topological polar surface area (TPSA) is 88.2 Å². The van der Waals surface area contributed by atoms with E-state index >= 15 is 0 Å². The van der Waals surface area contributed by atoms with E-state index in [0.29, 0.717) is 17.8 Å². The molecule has 1 aromatic heterocycles. The number of carbonyl (C=O) groups is 2. The maximum atomic E-state index is 13.3. The summed E-state index contributed by atoms with van der Waals surface area (Å²) in [6.45, 7) is 1.70. The summed E-state index contributed by atoms with van der Waals surface area (Å²) in [5.74, 6) is -1.45. The highest BCUT2D eigenvalue weighted by molar-refractivity contribution is 5.99. The number of anilines is 1. The Bertz CT molecular complexity index is 1200. The number of amides is 1. The number of hydrogen-bond donors (Lipinski definition) is 0. The normalized spacial score (nSPS) is 13.1. The number of halogens is 1. The Morgan fingerprint density at radius 2 is 1.91 bits per heavy atom. The van der Waals surface area contributed by atoms with Crippen LogP contribution in [0, 0.1) is 17.1 Å². The lowest BCUT2D eigenvalue weighted by Crippen LogP contribution is -2.40. The lowest BCUT2D eigenvalue weighted by atomic mass is 10.2. The lowest BCUT2D eigenvalue weighted by molar-refractivity contribution is -0.126. The van der Waals surface area contributed by atoms with Gasteiger partial charge < -0.3 is 9.64 Å². The number of nitrogens with zero attached hydrogens (tertiary/aromatic N) is 4. The van der Waals surface area contributed by atoms with Crippen LogP contribution in [-0.2, 0) is 22.4 Å². The molecule has 168 valence electrons. The van der Waals surface area contributed by atoms with Crippen LogP contribution in [0.25, 0.3) is 5.69 Å². The predicted molar refractivity (Wildman–Crippen MR) is 119 cm³/mol. The zero-order valence-electron chi connectivity index (χ0n) is 18.2. The Morgan fingerprint density at radius 1 is 1.18 bits per heavy atom. The molecule has 0 bridgehead atoms. The molecule has 1 heterocycles. The first-order chi connectivity index (χ1) is 16.0. The van der Waals surface area contributed by atoms with Gasteiger partial charge in [0.05, 0.1) is 18.2 Å². The average molecular weight is 446 g/mol. The molecule has 7 nitrogen and oxygen atoms in total. The minimum absolute atomic E-state index is 0.150. The molecule has 0 N–H and O–H groups in total. The Morgan fingerprint density at radius 3 is 2.61 bits per heavy atom. The van der Waals surface area contributed by atoms with Crippen molar-refractivity contribution >= 4 is 17.6 Å². The van der Waals surface area contributed by atoms with Crippen LogP contribution in [0.15, 0.2) is 54.6 Å². The van der Waals surface area contributed by atoms with Gasteiger partial charge in [-0.25, -0.2) is 13.9 Å². The number of carbonyl (C=O) groups excluding carboxylic acids is 2. The van der Waals surface area contributed by atoms with E-state index in [0.717, 1.165) is 24.1 Å². The first-order valence-electron chi connectivity index (χ1n) is 10.8. The van der Waals surface area contributed by atoms with Gasteiger partial charge in [0.2, 0.25) is 0 Å². The Labute approximate surface area is 191 Å². The van der Waals surface area contributed by atoms with Gasteiger partial charge in [0, 0.05) is 23.5 Å². The summed E-state index contributed by atoms with van der Waals surface area (Å²) in [4.78, 5) is 27.5. The van der Waals surface area contributed by atoms with Gasteiger partial charge in [0.1, 0.15) is 5.82 Å². The molecular formula is C25H23FN4O3. The highest BCUT2D eigenvalue weighted by Gasteiger charge is 2.31. The number of benzene rings is 2. The summed E-state index contributed by atoms with van der Waals surface area (Å²) >= 11 is 0. The third-order valence-corrected chi connectivity index (χ3v) is 5.61. The molecule has 3 aromatic rings. The van der Waals surface area contributed by atoms with Gasteiger partial charge in [-0.2, -0.15) is 10.4 Å². The molecule has 0 radical (unpaired) electrons. The first-order valence-corrected chi connectivity index (χ1v) is 10.8. The molecule has 1 aliphatic carbocycles. The van der Waals surface area contributed by atoms with E-state index in [4.69, 9.17) is 10.00 Å². The number of hydrogen-bond acceptors (Lipinski definition) is 5. The van der Waals surface area contributed by atoms with Gasteiger partial charge in [-0.15, -0.1) is 0 Å². The van der Waals surface area contributed by atoms with E-state index in [1.54, 1.807) is 41.1 Å². The second-order valence-electron chi connectivity index (χ2n) is 7.80. The van der Waals surface area contributed by atoms with Crippen LogP contribution in [0.4, 0.5) is 10.1 Å². The fraction of sp³-hybridized carbons (Fsp3) is 0.280. The molecule has 0 saturated heterocycles. The van der Waals surface area contributed by atoms with Gasteiger partial charge in [-0.3, -0.25) is 4.79 Å². The van der Waals surface area contributed by atoms with Crippen LogP contribution in [0.5, 0.6) is 0 Å². The molecular weight excluding hydrogens is 423 g/mol. The summed E-state index contributed by atoms with van der Waals surface area (Å²) in [7, 11) is 0. The van der Waals surface area contributed by atoms with Crippen LogP contribution in [0.2, 0.25) is 0 Å². The van der Waals surface area contributed by atoms with Crippen LogP contribution < -0.4 is 4.90 Å². The van der Waals surface area contributed by atoms with Crippen molar-refractivity contribution in [1.82, 2.24) is 9.78 Å². The van der Waals surface area contributed by atoms with Crippen molar-refractivity contribution < 1.29 is 18.7 Å². The number of ether oxygens (including phenoxy) is 1. The molecule has 8 heteroatoms. The number of esters is 1. The fourth-order valence-corrected chi connectivity index (χ4v) is 4.02. The van der Waals surface area contributed by atoms with Crippen LogP contribution in [0.1, 0.15) is 41.5 Å². The van der Waals surface area contributed by atoms with Crippen molar-refractivity contribution in [2.45, 2.75) is 38.7 Å². The number of fused-ring (bicyclic) bond motifs is 1. The van der Waals surface area contributed by atoms with E-state index in [1.165, 1.54) is 24.0 Å². The number of aromatic nitrogens is 2. The molecule has 1 atom stereocenters. The van der Waals surface area contributed by atoms with Crippen molar-refractivity contribution in [2.75, 3.05) is 11.4 Å². The fourth-order valence-electron chi connectivity index (χ4n) is 4.02. The van der Waals surface area contributed by atoms with E-state index in [-0.39, 0.29) is 24.5 Å². The summed E-state index contributed by atoms with van der Waals surface area (Å²) in [5.41, 5.74) is 3.15. The second-order valence-corrected chi connectivity index (χ2v) is 7.80. The highest BCUT2D eigenvalue weighted by atomic mass is 19.1. The van der Waals surface area contributed by atoms with Crippen molar-refractivity contribution in [1.29, 1.82) is 5.26 Å². The number of nitriles is 1. The van der Waals surface area contributed by atoms with Crippen molar-refractivity contribution in [2.24, 2.45) is 0 Å². The van der Waals surface area contributed by atoms with E-state index in [2.05, 4.69) is 5.10 Å². The number of rotatable bonds is 7. The molecule has 33 heavy (non-hydrogen) atoms. The molecule has 0 spiro atoms. The molecule has 0 saturated carbocycles. The van der Waals surface area contributed by atoms with Crippen LogP contribution >= 0.6 is 0 Å². The van der Waals surface area contributed by atoms with Crippen LogP contribution in [-0.4, -0.2) is 34.3 Å². The summed E-state index contributed by atoms with van der Waals surface area (Å²) in [5, 5.41) is 13.4. The van der Waals surface area contributed by atoms with Gasteiger partial charge in [-0.1, -0.05) is 18.2 Å². The zero-order chi connectivity index (χ0) is 23.4. The van der Waals surface area contributed by atoms with Crippen molar-refractivity contribution in [3.63, 3.8) is 0 Å². The largest absolute Gasteiger partial charge is 0.448 e. The van der Waals surface area contributed by atoms with E-state index < -0.39 is 18.0 Å². The predicted octanol–water partition coefficient (Wildman–Crippen LogP) is 3.99. The maximum absolute atomic E-state index is 13.3. The summed E-state index contributed by atoms with van der Waals surface area (Å²) in [6.07, 6.45) is 1.39. The maximum Gasteiger partial charge on any atom is 0.359 e. The van der Waals surface area contributed by atoms with Gasteiger partial charge >= 0.3 is 5.97 Å². The third-order valence-electron chi connectivity index (χ3n) is 5.61. The first kappa shape index (κ1) is 22.2. The molecule has 1 aliphatic rings. The monoisotopic (exact) mass is 446 g/mol. The molecule has 1 amide bonds. The quantitative estimate of drug-likeness (QED) is 0.512. The Kier molecular flexibility index (Phi) is 6.50. The summed E-state index contributed by atoms with van der Waals surface area (Å²) in [6, 6.07) is 16.9. The smallest absolute Gasteiger partial charge is 0.359 e. The van der Waals surface area contributed by atoms with Gasteiger partial charge in [0.25, 0.3) is 5.91 Å². The average Bonchev–Trinajstić information content (AvgIpc) is 3.43. The molecule has 0 fully saturated rings. The molecule has 4 rings (SSSR count). The lowest BCUT2D eigenvalue weighted by Gasteiger charge is -2.25. The van der Waals surface area contributed by atoms with E-state index in [9.17, 15) is 14.0 Å². The SMILES string of the molecule is CC(OC(=O)c1nn(-c2ccc(F)cc2)c2c1CCC2)C(=O)N(CCC#N)c1ccccc1. The minimum Gasteiger partial charge on any atom is -0.448 e. The molecule has 0 aliphatic heterocycles. The molecule has 1 unspecified atom stereocenters. The number of para-hydroxylation sites is 1. The Balaban J connectivity index is 1.55. The molecule has 2 aromatic carbocycles. The van der Waals surface area contributed by atoms with Gasteiger partial charge in [0.15, 0.2) is 11.8 Å². The highest BCUT2D eigenvalue weighted by Crippen LogP contribution is 2.28. The minimum atomic E-state index is -1.07. The van der Waals surface area contributed by atoms with Crippen LogP contribution in [0.3, 0.4) is 0 Å². The summed E-state index contributed by atoms with van der Waals surface area (Å²) < 4.78 is 20.5. The standard InChI is InChI=1S/C25H23FN4O3/c1-17(24(31)29(16-6-15-27)19-7-3-2-4-8-19)33-25(32)23-21-9-5-10-22(21)30(28-23)20-13-11-18(26)12-14-20/h2-4,7-8,11-14,17H,5-6,9-10,16H2,1H3. The van der Waals surface area contributed by atoms with Crippen molar-refractivity contribution in [3.05, 3.63) is 77.4 Å². The Hall–Kier alpha value is -3.99. The third kappa shape index (κ3) is 4.62. The van der Waals surface area contributed by atoms with Gasteiger partial charge in [-0.05, 0) is 62.6 Å². The van der Waals surface area contributed by atoms with E-state index in [1.807, 2.05) is 12.1 Å². The van der Waals surface area contributed by atoms with Crippen molar-refractivity contribution in [3.8, 4) is 11.8 Å². The second kappa shape index (κ2) is 9.65.